The largest absolute Gasteiger partial charge is 0.298 e. The monoisotopic (exact) mass is 312 g/mol. The van der Waals surface area contributed by atoms with Crippen LogP contribution in [0.4, 0.5) is 0 Å². The number of benzene rings is 2. The molecule has 0 bridgehead atoms. The van der Waals surface area contributed by atoms with Gasteiger partial charge in [0.1, 0.15) is 11.8 Å². The van der Waals surface area contributed by atoms with Crippen molar-refractivity contribution in [3.63, 3.8) is 0 Å². The van der Waals surface area contributed by atoms with E-state index in [0.717, 1.165) is 33.2 Å². The van der Waals surface area contributed by atoms with Crippen molar-refractivity contribution in [3.8, 4) is 11.8 Å². The molecule has 4 aromatic rings. The fourth-order valence-corrected chi connectivity index (χ4v) is 2.94. The van der Waals surface area contributed by atoms with Gasteiger partial charge in [-0.15, -0.1) is 0 Å². The predicted molar refractivity (Wildman–Crippen MR) is 95.0 cm³/mol. The van der Waals surface area contributed by atoms with E-state index in [2.05, 4.69) is 26.7 Å². The minimum atomic E-state index is -0.494. The van der Waals surface area contributed by atoms with Crippen LogP contribution >= 0.6 is 0 Å². The normalized spacial score (nSPS) is 11.7. The van der Waals surface area contributed by atoms with Gasteiger partial charge in [-0.05, 0) is 37.6 Å². The first-order chi connectivity index (χ1) is 11.6. The molecule has 0 saturated heterocycles. The zero-order valence-electron chi connectivity index (χ0n) is 13.6. The van der Waals surface area contributed by atoms with E-state index in [1.54, 1.807) is 6.20 Å². The van der Waals surface area contributed by atoms with Crippen LogP contribution in [0.5, 0.6) is 0 Å². The highest BCUT2D eigenvalue weighted by Gasteiger charge is 2.19. The molecule has 0 aliphatic rings. The van der Waals surface area contributed by atoms with Crippen LogP contribution in [0.3, 0.4) is 0 Å². The van der Waals surface area contributed by atoms with E-state index in [4.69, 9.17) is 0 Å². The molecule has 0 radical (unpaired) electrons. The maximum Gasteiger partial charge on any atom is 0.108 e. The second kappa shape index (κ2) is 5.17. The lowest BCUT2D eigenvalue weighted by molar-refractivity contribution is 0.686. The Hall–Kier alpha value is -3.19. The molecule has 4 heteroatoms. The van der Waals surface area contributed by atoms with Crippen LogP contribution in [0.25, 0.3) is 27.6 Å². The van der Waals surface area contributed by atoms with Gasteiger partial charge >= 0.3 is 0 Å². The molecule has 0 saturated carbocycles. The zero-order chi connectivity index (χ0) is 16.7. The number of aromatic nitrogens is 3. The molecule has 4 rings (SSSR count). The van der Waals surface area contributed by atoms with Crippen LogP contribution in [0.1, 0.15) is 19.4 Å². The quantitative estimate of drug-likeness (QED) is 0.552. The number of nitriles is 1. The predicted octanol–water partition coefficient (Wildman–Crippen LogP) is 4.37. The molecule has 0 amide bonds. The van der Waals surface area contributed by atoms with Gasteiger partial charge in [-0.25, -0.2) is 4.98 Å². The van der Waals surface area contributed by atoms with Gasteiger partial charge in [0.05, 0.1) is 28.7 Å². The lowest BCUT2D eigenvalue weighted by atomic mass is 9.86. The number of para-hydroxylation sites is 1. The highest BCUT2D eigenvalue weighted by Crippen LogP contribution is 2.27. The van der Waals surface area contributed by atoms with Gasteiger partial charge in [-0.1, -0.05) is 30.3 Å². The standard InChI is InChI=1S/C20H16N4/c1-20(2,12-21)14-7-9-15(10-8-14)24-13-23-18-11-22-17-6-4-3-5-16(17)19(18)24/h3-11,13H,1-2H3. The summed E-state index contributed by atoms with van der Waals surface area (Å²) in [5.41, 5.74) is 4.40. The minimum absolute atomic E-state index is 0.494. The molecule has 0 aliphatic carbocycles. The number of nitrogens with zero attached hydrogens (tertiary/aromatic N) is 4. The molecule has 2 aromatic carbocycles. The second-order valence-corrected chi connectivity index (χ2v) is 6.41. The summed E-state index contributed by atoms with van der Waals surface area (Å²) in [4.78, 5) is 8.94. The molecular weight excluding hydrogens is 296 g/mol. The third kappa shape index (κ3) is 2.14. The average molecular weight is 312 g/mol. The highest BCUT2D eigenvalue weighted by molar-refractivity contribution is 6.02. The van der Waals surface area contributed by atoms with Gasteiger partial charge in [0.2, 0.25) is 0 Å². The van der Waals surface area contributed by atoms with Crippen LogP contribution in [0.2, 0.25) is 0 Å². The van der Waals surface area contributed by atoms with Crippen LogP contribution in [0, 0.1) is 11.3 Å². The van der Waals surface area contributed by atoms with Crippen LogP contribution in [-0.2, 0) is 5.41 Å². The lowest BCUT2D eigenvalue weighted by Crippen LogP contribution is -2.13. The summed E-state index contributed by atoms with van der Waals surface area (Å²) in [7, 11) is 0. The van der Waals surface area contributed by atoms with E-state index < -0.39 is 5.41 Å². The average Bonchev–Trinajstić information content (AvgIpc) is 3.06. The highest BCUT2D eigenvalue weighted by atomic mass is 15.1. The maximum atomic E-state index is 9.29. The number of hydrogen-bond donors (Lipinski definition) is 0. The summed E-state index contributed by atoms with van der Waals surface area (Å²) in [5.74, 6) is 0. The number of fused-ring (bicyclic) bond motifs is 3. The fourth-order valence-electron chi connectivity index (χ4n) is 2.94. The molecule has 24 heavy (non-hydrogen) atoms. The summed E-state index contributed by atoms with van der Waals surface area (Å²) in [6, 6.07) is 18.5. The first-order valence-corrected chi connectivity index (χ1v) is 7.83. The summed E-state index contributed by atoms with van der Waals surface area (Å²) in [6.07, 6.45) is 3.63. The topological polar surface area (TPSA) is 54.5 Å². The Labute approximate surface area is 140 Å². The Bertz CT molecular complexity index is 1080. The zero-order valence-corrected chi connectivity index (χ0v) is 13.6. The molecule has 0 atom stereocenters. The van der Waals surface area contributed by atoms with Crippen molar-refractivity contribution < 1.29 is 0 Å². The van der Waals surface area contributed by atoms with Gasteiger partial charge in [-0.3, -0.25) is 9.55 Å². The van der Waals surface area contributed by atoms with Gasteiger partial charge in [0.25, 0.3) is 0 Å². The molecule has 0 unspecified atom stereocenters. The van der Waals surface area contributed by atoms with Crippen molar-refractivity contribution in [2.24, 2.45) is 0 Å². The van der Waals surface area contributed by atoms with E-state index in [9.17, 15) is 5.26 Å². The summed E-state index contributed by atoms with van der Waals surface area (Å²) < 4.78 is 2.07. The van der Waals surface area contributed by atoms with E-state index in [-0.39, 0.29) is 0 Å². The molecular formula is C20H16N4. The number of pyridine rings is 1. The van der Waals surface area contributed by atoms with Crippen molar-refractivity contribution in [1.82, 2.24) is 14.5 Å². The van der Waals surface area contributed by atoms with Gasteiger partial charge in [0, 0.05) is 11.1 Å². The van der Waals surface area contributed by atoms with E-state index in [0.29, 0.717) is 0 Å². The molecule has 2 aromatic heterocycles. The third-order valence-corrected chi connectivity index (χ3v) is 4.43. The van der Waals surface area contributed by atoms with E-state index in [1.165, 1.54) is 0 Å². The lowest BCUT2D eigenvalue weighted by Gasteiger charge is -2.16. The van der Waals surface area contributed by atoms with Gasteiger partial charge in [0.15, 0.2) is 0 Å². The summed E-state index contributed by atoms with van der Waals surface area (Å²) in [5, 5.41) is 10.4. The first-order valence-electron chi connectivity index (χ1n) is 7.83. The molecule has 2 heterocycles. The Balaban J connectivity index is 1.91. The molecule has 0 aliphatic heterocycles. The van der Waals surface area contributed by atoms with Gasteiger partial charge < -0.3 is 0 Å². The second-order valence-electron chi connectivity index (χ2n) is 6.41. The number of rotatable bonds is 2. The molecule has 0 N–H and O–H groups in total. The third-order valence-electron chi connectivity index (χ3n) is 4.43. The van der Waals surface area contributed by atoms with Crippen molar-refractivity contribution in [3.05, 3.63) is 66.6 Å². The number of hydrogen-bond acceptors (Lipinski definition) is 3. The van der Waals surface area contributed by atoms with Gasteiger partial charge in [-0.2, -0.15) is 5.26 Å². The molecule has 0 fully saturated rings. The minimum Gasteiger partial charge on any atom is -0.298 e. The maximum absolute atomic E-state index is 9.29. The molecule has 0 spiro atoms. The summed E-state index contributed by atoms with van der Waals surface area (Å²) in [6.45, 7) is 3.85. The molecule has 4 nitrogen and oxygen atoms in total. The Morgan fingerprint density at radius 1 is 0.958 bits per heavy atom. The van der Waals surface area contributed by atoms with E-state index >= 15 is 0 Å². The molecule has 116 valence electrons. The van der Waals surface area contributed by atoms with Crippen LogP contribution in [0.15, 0.2) is 61.1 Å². The Morgan fingerprint density at radius 2 is 1.71 bits per heavy atom. The van der Waals surface area contributed by atoms with Crippen molar-refractivity contribution in [1.29, 1.82) is 5.26 Å². The smallest absolute Gasteiger partial charge is 0.108 e. The fraction of sp³-hybridized carbons (Fsp3) is 0.150. The van der Waals surface area contributed by atoms with Crippen molar-refractivity contribution in [2.45, 2.75) is 19.3 Å². The first kappa shape index (κ1) is 14.4. The van der Waals surface area contributed by atoms with Crippen LogP contribution in [-0.4, -0.2) is 14.5 Å². The van der Waals surface area contributed by atoms with Crippen LogP contribution < -0.4 is 0 Å². The summed E-state index contributed by atoms with van der Waals surface area (Å²) >= 11 is 0. The van der Waals surface area contributed by atoms with Crippen molar-refractivity contribution >= 4 is 21.9 Å². The SMILES string of the molecule is CC(C)(C#N)c1ccc(-n2cnc3cnc4ccccc4c32)cc1. The Morgan fingerprint density at radius 3 is 2.46 bits per heavy atom. The Kier molecular flexibility index (Phi) is 3.10. The number of imidazole rings is 1. The van der Waals surface area contributed by atoms with Crippen molar-refractivity contribution in [2.75, 3.05) is 0 Å². The van der Waals surface area contributed by atoms with E-state index in [1.807, 2.05) is 62.6 Å².